The Balaban J connectivity index is 2.04. The first-order valence-corrected chi connectivity index (χ1v) is 9.43. The van der Waals surface area contributed by atoms with Gasteiger partial charge in [-0.1, -0.05) is 73.3 Å². The molecule has 29 heavy (non-hydrogen) atoms. The monoisotopic (exact) mass is 379 g/mol. The molecule has 2 N–H and O–H groups in total. The van der Waals surface area contributed by atoms with Gasteiger partial charge in [0.1, 0.15) is 0 Å². The summed E-state index contributed by atoms with van der Waals surface area (Å²) in [6, 6.07) is 20.3. The molecule has 0 radical (unpaired) electrons. The fraction of sp³-hybridized carbons (Fsp3) is 0.0385. The third-order valence-corrected chi connectivity index (χ3v) is 5.07. The standard InChI is InChI=1S/C26H21NO2/c1-3-20-19(15-17(2)26(28)29)16-23-21-11-7-8-12-24(21)27-25(23)22(20)14-13-18-9-5-4-6-10-18/h3-16,27H,1H2,2H3,(H,28,29). The van der Waals surface area contributed by atoms with Crippen LogP contribution in [0.1, 0.15) is 29.2 Å². The first-order chi connectivity index (χ1) is 14.1. The van der Waals surface area contributed by atoms with Gasteiger partial charge in [-0.15, -0.1) is 0 Å². The van der Waals surface area contributed by atoms with E-state index in [0.29, 0.717) is 0 Å². The zero-order valence-corrected chi connectivity index (χ0v) is 16.1. The Morgan fingerprint density at radius 1 is 0.966 bits per heavy atom. The third-order valence-electron chi connectivity index (χ3n) is 5.07. The van der Waals surface area contributed by atoms with Gasteiger partial charge in [-0.2, -0.15) is 0 Å². The lowest BCUT2D eigenvalue weighted by Gasteiger charge is -2.10. The number of fused-ring (bicyclic) bond motifs is 3. The van der Waals surface area contributed by atoms with Gasteiger partial charge < -0.3 is 10.1 Å². The minimum absolute atomic E-state index is 0.283. The minimum Gasteiger partial charge on any atom is -0.478 e. The van der Waals surface area contributed by atoms with Crippen LogP contribution >= 0.6 is 0 Å². The molecule has 0 aliphatic heterocycles. The Bertz CT molecular complexity index is 1290. The molecule has 3 heteroatoms. The molecule has 0 saturated carbocycles. The van der Waals surface area contributed by atoms with Crippen molar-refractivity contribution in [2.75, 3.05) is 0 Å². The largest absolute Gasteiger partial charge is 0.478 e. The number of carboxylic acid groups (broad SMARTS) is 1. The molecular weight excluding hydrogens is 358 g/mol. The summed E-state index contributed by atoms with van der Waals surface area (Å²) in [5.74, 6) is -0.930. The van der Waals surface area contributed by atoms with Crippen LogP contribution in [0.3, 0.4) is 0 Å². The maximum atomic E-state index is 11.4. The van der Waals surface area contributed by atoms with Crippen LogP contribution < -0.4 is 0 Å². The van der Waals surface area contributed by atoms with Gasteiger partial charge in [0, 0.05) is 27.4 Å². The van der Waals surface area contributed by atoms with E-state index in [1.54, 1.807) is 19.1 Å². The summed E-state index contributed by atoms with van der Waals surface area (Å²) >= 11 is 0. The number of carbonyl (C=O) groups is 1. The summed E-state index contributed by atoms with van der Waals surface area (Å²) in [4.78, 5) is 14.9. The number of hydrogen-bond donors (Lipinski definition) is 2. The molecule has 3 nitrogen and oxygen atoms in total. The second-order valence-corrected chi connectivity index (χ2v) is 6.97. The maximum absolute atomic E-state index is 11.4. The van der Waals surface area contributed by atoms with Crippen LogP contribution in [-0.4, -0.2) is 16.1 Å². The van der Waals surface area contributed by atoms with Crippen molar-refractivity contribution in [2.24, 2.45) is 0 Å². The van der Waals surface area contributed by atoms with Crippen LogP contribution in [0.5, 0.6) is 0 Å². The van der Waals surface area contributed by atoms with Gasteiger partial charge in [0.25, 0.3) is 0 Å². The second-order valence-electron chi connectivity index (χ2n) is 6.97. The smallest absolute Gasteiger partial charge is 0.331 e. The number of carboxylic acids is 1. The van der Waals surface area contributed by atoms with Crippen molar-refractivity contribution < 1.29 is 9.90 Å². The molecule has 0 unspecified atom stereocenters. The van der Waals surface area contributed by atoms with Crippen molar-refractivity contribution in [3.8, 4) is 0 Å². The van der Waals surface area contributed by atoms with E-state index in [4.69, 9.17) is 0 Å². The molecule has 0 bridgehead atoms. The summed E-state index contributed by atoms with van der Waals surface area (Å²) in [6.07, 6.45) is 7.62. The molecule has 3 aromatic carbocycles. The molecule has 0 atom stereocenters. The van der Waals surface area contributed by atoms with Crippen LogP contribution in [0.4, 0.5) is 0 Å². The maximum Gasteiger partial charge on any atom is 0.331 e. The minimum atomic E-state index is -0.930. The Morgan fingerprint density at radius 3 is 2.41 bits per heavy atom. The fourth-order valence-electron chi connectivity index (χ4n) is 3.61. The van der Waals surface area contributed by atoms with Crippen molar-refractivity contribution in [3.05, 3.63) is 95.1 Å². The molecule has 0 saturated heterocycles. The molecule has 0 aliphatic carbocycles. The van der Waals surface area contributed by atoms with Crippen molar-refractivity contribution in [1.29, 1.82) is 0 Å². The summed E-state index contributed by atoms with van der Waals surface area (Å²) in [5, 5.41) is 11.5. The van der Waals surface area contributed by atoms with Crippen LogP contribution in [0, 0.1) is 0 Å². The van der Waals surface area contributed by atoms with Gasteiger partial charge in [-0.25, -0.2) is 4.79 Å². The fourth-order valence-corrected chi connectivity index (χ4v) is 3.61. The molecule has 0 fully saturated rings. The van der Waals surface area contributed by atoms with E-state index in [0.717, 1.165) is 44.1 Å². The Kier molecular flexibility index (Phi) is 4.88. The second kappa shape index (κ2) is 7.64. The highest BCUT2D eigenvalue weighted by Gasteiger charge is 2.14. The molecule has 1 aromatic heterocycles. The highest BCUT2D eigenvalue weighted by Crippen LogP contribution is 2.34. The molecule has 1 heterocycles. The number of para-hydroxylation sites is 1. The van der Waals surface area contributed by atoms with Crippen molar-refractivity contribution in [2.45, 2.75) is 6.92 Å². The van der Waals surface area contributed by atoms with Crippen molar-refractivity contribution in [1.82, 2.24) is 4.98 Å². The lowest BCUT2D eigenvalue weighted by Crippen LogP contribution is -1.97. The SMILES string of the molecule is C=Cc1c(C=C(C)C(=O)O)cc2c([nH]c3ccccc32)c1C=Cc1ccccc1. The van der Waals surface area contributed by atoms with Gasteiger partial charge in [-0.05, 0) is 41.8 Å². The number of hydrogen-bond acceptors (Lipinski definition) is 1. The molecule has 0 aliphatic rings. The molecule has 0 spiro atoms. The third kappa shape index (κ3) is 3.50. The number of aromatic nitrogens is 1. The number of aromatic amines is 1. The first-order valence-electron chi connectivity index (χ1n) is 9.43. The molecule has 0 amide bonds. The van der Waals surface area contributed by atoms with Gasteiger partial charge in [0.2, 0.25) is 0 Å². The number of aliphatic carboxylic acids is 1. The quantitative estimate of drug-likeness (QED) is 0.302. The van der Waals surface area contributed by atoms with Crippen LogP contribution in [0.2, 0.25) is 0 Å². The highest BCUT2D eigenvalue weighted by molar-refractivity contribution is 6.12. The van der Waals surface area contributed by atoms with Crippen LogP contribution in [0.15, 0.2) is 72.8 Å². The highest BCUT2D eigenvalue weighted by atomic mass is 16.4. The summed E-state index contributed by atoms with van der Waals surface area (Å²) < 4.78 is 0. The van der Waals surface area contributed by atoms with Gasteiger partial charge in [0.15, 0.2) is 0 Å². The molecular formula is C26H21NO2. The van der Waals surface area contributed by atoms with Crippen molar-refractivity contribution in [3.63, 3.8) is 0 Å². The summed E-state index contributed by atoms with van der Waals surface area (Å²) in [5.41, 5.74) is 6.16. The average Bonchev–Trinajstić information content (AvgIpc) is 3.10. The predicted octanol–water partition coefficient (Wildman–Crippen LogP) is 6.62. The van der Waals surface area contributed by atoms with E-state index in [1.807, 2.05) is 54.6 Å². The summed E-state index contributed by atoms with van der Waals surface area (Å²) in [6.45, 7) is 5.60. The van der Waals surface area contributed by atoms with E-state index < -0.39 is 5.97 Å². The predicted molar refractivity (Wildman–Crippen MR) is 123 cm³/mol. The van der Waals surface area contributed by atoms with E-state index in [-0.39, 0.29) is 5.57 Å². The van der Waals surface area contributed by atoms with Gasteiger partial charge >= 0.3 is 5.97 Å². The lowest BCUT2D eigenvalue weighted by atomic mass is 9.94. The topological polar surface area (TPSA) is 53.1 Å². The number of benzene rings is 3. The van der Waals surface area contributed by atoms with E-state index in [9.17, 15) is 9.90 Å². The normalized spacial score (nSPS) is 12.1. The van der Waals surface area contributed by atoms with E-state index in [2.05, 4.69) is 29.8 Å². The zero-order chi connectivity index (χ0) is 20.4. The van der Waals surface area contributed by atoms with Gasteiger partial charge in [0.05, 0.1) is 5.52 Å². The Morgan fingerprint density at radius 2 is 1.69 bits per heavy atom. The van der Waals surface area contributed by atoms with Crippen molar-refractivity contribution >= 4 is 52.1 Å². The van der Waals surface area contributed by atoms with Crippen LogP contribution in [0.25, 0.3) is 46.1 Å². The molecule has 4 aromatic rings. The number of H-pyrrole nitrogens is 1. The summed E-state index contributed by atoms with van der Waals surface area (Å²) in [7, 11) is 0. The van der Waals surface area contributed by atoms with E-state index >= 15 is 0 Å². The Hall–Kier alpha value is -3.85. The van der Waals surface area contributed by atoms with Gasteiger partial charge in [-0.3, -0.25) is 0 Å². The van der Waals surface area contributed by atoms with E-state index in [1.165, 1.54) is 0 Å². The Labute approximate surface area is 169 Å². The lowest BCUT2D eigenvalue weighted by molar-refractivity contribution is -0.132. The molecule has 142 valence electrons. The zero-order valence-electron chi connectivity index (χ0n) is 16.1. The first kappa shape index (κ1) is 18.5. The average molecular weight is 379 g/mol. The van der Waals surface area contributed by atoms with Crippen LogP contribution in [-0.2, 0) is 4.79 Å². The number of nitrogens with one attached hydrogen (secondary N) is 1. The molecule has 4 rings (SSSR count). The number of rotatable bonds is 5.